The first-order chi connectivity index (χ1) is 13.0. The molecule has 0 aliphatic carbocycles. The Morgan fingerprint density at radius 3 is 2.39 bits per heavy atom. The summed E-state index contributed by atoms with van der Waals surface area (Å²) >= 11 is 36.2. The minimum atomic E-state index is -1.87. The van der Waals surface area contributed by atoms with E-state index in [1.54, 1.807) is 18.2 Å². The van der Waals surface area contributed by atoms with Gasteiger partial charge in [-0.05, 0) is 71.0 Å². The van der Waals surface area contributed by atoms with E-state index in [2.05, 4.69) is 47.8 Å². The van der Waals surface area contributed by atoms with E-state index in [1.807, 2.05) is 19.1 Å². The average Bonchev–Trinajstić information content (AvgIpc) is 2.56. The van der Waals surface area contributed by atoms with E-state index in [1.165, 1.54) is 6.07 Å². The Kier molecular flexibility index (Phi) is 8.70. The number of rotatable bonds is 4. The standard InChI is InChI=1S/C17H13Br2Cl4N3OS/c1-8-5-10(18)7-12(19)13(8)24-16(28)26-15(17(21,22)23)25-14(27)9-3-2-4-11(20)6-9/h2-7,15H,1H3,(H,25,27)(H2,24,26,28). The van der Waals surface area contributed by atoms with Crippen LogP contribution in [0.5, 0.6) is 0 Å². The summed E-state index contributed by atoms with van der Waals surface area (Å²) in [5.41, 5.74) is 1.99. The Morgan fingerprint density at radius 2 is 1.82 bits per heavy atom. The third-order valence-corrected chi connectivity index (χ3v) is 5.65. The number of alkyl halides is 3. The van der Waals surface area contributed by atoms with Gasteiger partial charge in [0.05, 0.1) is 5.69 Å². The van der Waals surface area contributed by atoms with Crippen LogP contribution in [0.1, 0.15) is 15.9 Å². The van der Waals surface area contributed by atoms with Gasteiger partial charge in [-0.3, -0.25) is 4.79 Å². The molecule has 0 heterocycles. The van der Waals surface area contributed by atoms with Crippen molar-refractivity contribution in [2.75, 3.05) is 5.32 Å². The van der Waals surface area contributed by atoms with Crippen LogP contribution in [-0.4, -0.2) is 21.0 Å². The zero-order valence-electron chi connectivity index (χ0n) is 14.1. The molecule has 0 saturated heterocycles. The van der Waals surface area contributed by atoms with E-state index in [0.717, 1.165) is 20.2 Å². The van der Waals surface area contributed by atoms with Gasteiger partial charge in [-0.25, -0.2) is 0 Å². The summed E-state index contributed by atoms with van der Waals surface area (Å²) in [5, 5.41) is 9.03. The smallest absolute Gasteiger partial charge is 0.253 e. The van der Waals surface area contributed by atoms with Crippen molar-refractivity contribution in [3.8, 4) is 0 Å². The van der Waals surface area contributed by atoms with Crippen LogP contribution in [0.2, 0.25) is 5.02 Å². The van der Waals surface area contributed by atoms with Gasteiger partial charge in [0.2, 0.25) is 3.79 Å². The third-order valence-electron chi connectivity index (χ3n) is 3.46. The van der Waals surface area contributed by atoms with E-state index in [9.17, 15) is 4.79 Å². The molecule has 1 unspecified atom stereocenters. The molecule has 1 atom stereocenters. The van der Waals surface area contributed by atoms with Gasteiger partial charge in [-0.1, -0.05) is 68.4 Å². The molecule has 0 radical (unpaired) electrons. The van der Waals surface area contributed by atoms with Crippen molar-refractivity contribution in [3.05, 3.63) is 61.5 Å². The number of carbonyl (C=O) groups excluding carboxylic acids is 1. The number of benzene rings is 2. The van der Waals surface area contributed by atoms with Gasteiger partial charge in [0.15, 0.2) is 5.11 Å². The minimum Gasteiger partial charge on any atom is -0.339 e. The highest BCUT2D eigenvalue weighted by molar-refractivity contribution is 9.11. The van der Waals surface area contributed by atoms with Gasteiger partial charge >= 0.3 is 0 Å². The van der Waals surface area contributed by atoms with E-state index >= 15 is 0 Å². The maximum absolute atomic E-state index is 12.5. The van der Waals surface area contributed by atoms with Gasteiger partial charge < -0.3 is 16.0 Å². The number of hydrogen-bond donors (Lipinski definition) is 3. The van der Waals surface area contributed by atoms with Gasteiger partial charge in [-0.2, -0.15) is 0 Å². The minimum absolute atomic E-state index is 0.161. The van der Waals surface area contributed by atoms with Gasteiger partial charge in [0.25, 0.3) is 5.91 Å². The fourth-order valence-electron chi connectivity index (χ4n) is 2.19. The number of aryl methyl sites for hydroxylation is 1. The number of halogens is 6. The van der Waals surface area contributed by atoms with Crippen LogP contribution in [0.3, 0.4) is 0 Å². The molecule has 0 spiro atoms. The second kappa shape index (κ2) is 10.2. The number of anilines is 1. The highest BCUT2D eigenvalue weighted by Gasteiger charge is 2.35. The van der Waals surface area contributed by atoms with Crippen molar-refractivity contribution in [3.63, 3.8) is 0 Å². The molecule has 2 rings (SSSR count). The zero-order valence-corrected chi connectivity index (χ0v) is 21.1. The summed E-state index contributed by atoms with van der Waals surface area (Å²) in [4.78, 5) is 12.5. The summed E-state index contributed by atoms with van der Waals surface area (Å²) in [6.45, 7) is 1.91. The lowest BCUT2D eigenvalue weighted by atomic mass is 10.2. The van der Waals surface area contributed by atoms with Crippen molar-refractivity contribution in [2.24, 2.45) is 0 Å². The van der Waals surface area contributed by atoms with E-state index in [4.69, 9.17) is 58.6 Å². The predicted octanol–water partition coefficient (Wildman–Crippen LogP) is 6.59. The first-order valence-corrected chi connectivity index (χ1v) is 11.1. The normalized spacial score (nSPS) is 12.2. The first kappa shape index (κ1) is 24.0. The summed E-state index contributed by atoms with van der Waals surface area (Å²) < 4.78 is -0.169. The first-order valence-electron chi connectivity index (χ1n) is 7.63. The molecule has 0 fully saturated rings. The van der Waals surface area contributed by atoms with Crippen LogP contribution < -0.4 is 16.0 Å². The van der Waals surface area contributed by atoms with Crippen LogP contribution in [-0.2, 0) is 0 Å². The number of thiocarbonyl (C=S) groups is 1. The number of amides is 1. The molecule has 4 nitrogen and oxygen atoms in total. The molecule has 0 aromatic heterocycles. The lowest BCUT2D eigenvalue weighted by Crippen LogP contribution is -2.56. The summed E-state index contributed by atoms with van der Waals surface area (Å²) in [5.74, 6) is -0.477. The van der Waals surface area contributed by atoms with E-state index in [0.29, 0.717) is 10.6 Å². The molecular formula is C17H13Br2Cl4N3OS. The molecule has 3 N–H and O–H groups in total. The number of carbonyl (C=O) groups is 1. The molecule has 0 aliphatic heterocycles. The van der Waals surface area contributed by atoms with Crippen LogP contribution in [0.25, 0.3) is 0 Å². The van der Waals surface area contributed by atoms with Gasteiger partial charge in [0.1, 0.15) is 6.17 Å². The molecular weight excluding hydrogens is 596 g/mol. The highest BCUT2D eigenvalue weighted by atomic mass is 79.9. The topological polar surface area (TPSA) is 53.2 Å². The Balaban J connectivity index is 2.14. The number of hydrogen-bond acceptors (Lipinski definition) is 2. The Morgan fingerprint density at radius 1 is 1.14 bits per heavy atom. The molecule has 2 aromatic carbocycles. The van der Waals surface area contributed by atoms with Gasteiger partial charge in [-0.15, -0.1) is 0 Å². The molecule has 0 aliphatic rings. The zero-order chi connectivity index (χ0) is 21.1. The second-order valence-electron chi connectivity index (χ2n) is 5.64. The highest BCUT2D eigenvalue weighted by Crippen LogP contribution is 2.31. The van der Waals surface area contributed by atoms with Crippen LogP contribution in [0, 0.1) is 6.92 Å². The molecule has 0 bridgehead atoms. The summed E-state index contributed by atoms with van der Waals surface area (Å²) in [6.07, 6.45) is -1.10. The maximum Gasteiger partial charge on any atom is 0.253 e. The van der Waals surface area contributed by atoms with E-state index < -0.39 is 15.9 Å². The van der Waals surface area contributed by atoms with Crippen molar-refractivity contribution in [1.29, 1.82) is 0 Å². The molecule has 0 saturated carbocycles. The molecule has 11 heteroatoms. The predicted molar refractivity (Wildman–Crippen MR) is 129 cm³/mol. The lowest BCUT2D eigenvalue weighted by molar-refractivity contribution is 0.0934. The van der Waals surface area contributed by atoms with Crippen LogP contribution in [0.15, 0.2) is 45.3 Å². The largest absolute Gasteiger partial charge is 0.339 e. The maximum atomic E-state index is 12.5. The van der Waals surface area contributed by atoms with Crippen molar-refractivity contribution < 1.29 is 4.79 Å². The monoisotopic (exact) mass is 605 g/mol. The molecule has 150 valence electrons. The van der Waals surface area contributed by atoms with Gasteiger partial charge in [0, 0.05) is 19.5 Å². The molecule has 1 amide bonds. The average molecular weight is 609 g/mol. The lowest BCUT2D eigenvalue weighted by Gasteiger charge is -2.28. The Labute approximate surface area is 204 Å². The second-order valence-corrected chi connectivity index (χ2v) is 10.6. The number of nitrogens with one attached hydrogen (secondary N) is 3. The SMILES string of the molecule is Cc1cc(Br)cc(Br)c1NC(=S)NC(NC(=O)c1cccc(Cl)c1)C(Cl)(Cl)Cl. The Hall–Kier alpha value is -0.280. The fourth-order valence-corrected chi connectivity index (χ4v) is 4.46. The van der Waals surface area contributed by atoms with E-state index in [-0.39, 0.29) is 5.11 Å². The van der Waals surface area contributed by atoms with Crippen molar-refractivity contribution in [2.45, 2.75) is 16.9 Å². The molecule has 2 aromatic rings. The van der Waals surface area contributed by atoms with Crippen molar-refractivity contribution in [1.82, 2.24) is 10.6 Å². The van der Waals surface area contributed by atoms with Crippen LogP contribution in [0.4, 0.5) is 5.69 Å². The molecule has 28 heavy (non-hydrogen) atoms. The van der Waals surface area contributed by atoms with Crippen molar-refractivity contribution >= 4 is 107 Å². The Bertz CT molecular complexity index is 885. The van der Waals surface area contributed by atoms with Crippen LogP contribution >= 0.6 is 90.5 Å². The summed E-state index contributed by atoms with van der Waals surface area (Å²) in [7, 11) is 0. The third kappa shape index (κ3) is 6.90. The summed E-state index contributed by atoms with van der Waals surface area (Å²) in [6, 6.07) is 10.2. The fraction of sp³-hybridized carbons (Fsp3) is 0.176. The quantitative estimate of drug-likeness (QED) is 0.208.